The number of carbonyl (C=O) groups is 1. The summed E-state index contributed by atoms with van der Waals surface area (Å²) in [6.07, 6.45) is -0.0607. The van der Waals surface area contributed by atoms with E-state index in [0.717, 1.165) is 44.0 Å². The Labute approximate surface area is 270 Å². The van der Waals surface area contributed by atoms with Crippen LogP contribution in [0.4, 0.5) is 0 Å². The molecule has 0 atom stereocenters. The van der Waals surface area contributed by atoms with Crippen LogP contribution in [0, 0.1) is 6.92 Å². The van der Waals surface area contributed by atoms with E-state index >= 15 is 0 Å². The highest BCUT2D eigenvalue weighted by Gasteiger charge is 2.25. The van der Waals surface area contributed by atoms with Crippen molar-refractivity contribution < 1.29 is 19.0 Å². The van der Waals surface area contributed by atoms with Gasteiger partial charge in [-0.05, 0) is 62.7 Å². The number of aromatic nitrogens is 2. The molecule has 0 unspecified atom stereocenters. The lowest BCUT2D eigenvalue weighted by atomic mass is 10.1. The van der Waals surface area contributed by atoms with Gasteiger partial charge in [0.05, 0.1) is 42.5 Å². The molecule has 1 aromatic heterocycles. The average molecular weight is 626 g/mol. The van der Waals surface area contributed by atoms with Crippen LogP contribution in [0.3, 0.4) is 0 Å². The van der Waals surface area contributed by atoms with Gasteiger partial charge in [-0.3, -0.25) is 24.0 Å². The SMILES string of the molecule is Cc1ccc(OCC(=O)N2CCN(Cc3nc4ccc(CN5CCOCC5)cc4c(=O)n3-c3ccccc3OC(C)C)CC2)cc1. The number of aryl methyl sites for hydroxylation is 1. The van der Waals surface area contributed by atoms with E-state index in [1.165, 1.54) is 0 Å². The van der Waals surface area contributed by atoms with Crippen LogP contribution >= 0.6 is 0 Å². The summed E-state index contributed by atoms with van der Waals surface area (Å²) >= 11 is 0. The van der Waals surface area contributed by atoms with Crippen molar-refractivity contribution in [2.75, 3.05) is 59.1 Å². The number of morpholine rings is 1. The molecule has 2 fully saturated rings. The summed E-state index contributed by atoms with van der Waals surface area (Å²) in [7, 11) is 0. The van der Waals surface area contributed by atoms with Gasteiger partial charge >= 0.3 is 0 Å². The van der Waals surface area contributed by atoms with Crippen LogP contribution in [0.15, 0.2) is 71.5 Å². The Morgan fingerprint density at radius 1 is 0.891 bits per heavy atom. The topological polar surface area (TPSA) is 89.4 Å². The summed E-state index contributed by atoms with van der Waals surface area (Å²) in [5, 5.41) is 0.581. The highest BCUT2D eigenvalue weighted by atomic mass is 16.5. The molecular weight excluding hydrogens is 582 g/mol. The third kappa shape index (κ3) is 7.58. The minimum atomic E-state index is -0.120. The number of rotatable bonds is 10. The van der Waals surface area contributed by atoms with Crippen molar-refractivity contribution >= 4 is 16.8 Å². The Kier molecular flexibility index (Phi) is 9.97. The van der Waals surface area contributed by atoms with Crippen molar-refractivity contribution in [3.05, 3.63) is 94.0 Å². The van der Waals surface area contributed by atoms with Gasteiger partial charge in [0.1, 0.15) is 17.3 Å². The standard InChI is InChI=1S/C36H43N5O5/c1-26(2)46-33-7-5-4-6-32(33)41-34(37-31-13-10-28(22-30(31)36(41)43)23-39-18-20-44-21-19-39)24-38-14-16-40(17-15-38)35(42)25-45-29-11-8-27(3)9-12-29/h4-13,22,26H,14-21,23-25H2,1-3H3. The van der Waals surface area contributed by atoms with Gasteiger partial charge in [-0.2, -0.15) is 0 Å². The van der Waals surface area contributed by atoms with Gasteiger partial charge in [0.25, 0.3) is 11.5 Å². The number of para-hydroxylation sites is 2. The number of carbonyl (C=O) groups excluding carboxylic acids is 1. The molecule has 10 heteroatoms. The van der Waals surface area contributed by atoms with Crippen molar-refractivity contribution in [2.45, 2.75) is 40.0 Å². The Hall–Kier alpha value is -4.25. The van der Waals surface area contributed by atoms with Crippen molar-refractivity contribution in [1.29, 1.82) is 0 Å². The fraction of sp³-hybridized carbons (Fsp3) is 0.417. The molecule has 0 spiro atoms. The summed E-state index contributed by atoms with van der Waals surface area (Å²) in [4.78, 5) is 38.8. The normalized spacial score (nSPS) is 16.2. The maximum atomic E-state index is 14.4. The van der Waals surface area contributed by atoms with E-state index in [9.17, 15) is 9.59 Å². The van der Waals surface area contributed by atoms with Gasteiger partial charge in [-0.25, -0.2) is 4.98 Å². The van der Waals surface area contributed by atoms with Crippen LogP contribution in [0.5, 0.6) is 11.5 Å². The van der Waals surface area contributed by atoms with Crippen LogP contribution < -0.4 is 15.0 Å². The first-order chi connectivity index (χ1) is 22.3. The molecule has 2 saturated heterocycles. The van der Waals surface area contributed by atoms with Gasteiger partial charge < -0.3 is 19.1 Å². The molecule has 0 radical (unpaired) electrons. The quantitative estimate of drug-likeness (QED) is 0.261. The van der Waals surface area contributed by atoms with Crippen molar-refractivity contribution in [1.82, 2.24) is 24.3 Å². The number of nitrogens with zero attached hydrogens (tertiary/aromatic N) is 5. The molecule has 10 nitrogen and oxygen atoms in total. The van der Waals surface area contributed by atoms with Crippen LogP contribution in [-0.2, 0) is 22.6 Å². The first-order valence-corrected chi connectivity index (χ1v) is 16.1. The van der Waals surface area contributed by atoms with Crippen LogP contribution in [0.2, 0.25) is 0 Å². The number of hydrogen-bond donors (Lipinski definition) is 0. The van der Waals surface area contributed by atoms with Gasteiger partial charge in [0, 0.05) is 45.8 Å². The van der Waals surface area contributed by atoms with Crippen LogP contribution in [0.1, 0.15) is 30.8 Å². The Morgan fingerprint density at radius 2 is 1.61 bits per heavy atom. The second-order valence-corrected chi connectivity index (χ2v) is 12.3. The lowest BCUT2D eigenvalue weighted by molar-refractivity contribution is -0.135. The van der Waals surface area contributed by atoms with E-state index in [4.69, 9.17) is 19.2 Å². The molecule has 0 saturated carbocycles. The summed E-state index contributed by atoms with van der Waals surface area (Å²) < 4.78 is 19.1. The second kappa shape index (κ2) is 14.5. The summed E-state index contributed by atoms with van der Waals surface area (Å²) in [5.74, 6) is 1.93. The predicted octanol–water partition coefficient (Wildman–Crippen LogP) is 4.04. The lowest BCUT2D eigenvalue weighted by Crippen LogP contribution is -2.50. The molecule has 3 heterocycles. The zero-order chi connectivity index (χ0) is 32.0. The molecule has 1 amide bonds. The Balaban J connectivity index is 1.23. The zero-order valence-corrected chi connectivity index (χ0v) is 27.0. The monoisotopic (exact) mass is 625 g/mol. The molecule has 6 rings (SSSR count). The highest BCUT2D eigenvalue weighted by Crippen LogP contribution is 2.26. The first kappa shape index (κ1) is 31.7. The fourth-order valence-electron chi connectivity index (χ4n) is 5.97. The van der Waals surface area contributed by atoms with Gasteiger partial charge in [-0.1, -0.05) is 35.9 Å². The van der Waals surface area contributed by atoms with E-state index in [0.29, 0.717) is 66.6 Å². The number of hydrogen-bond acceptors (Lipinski definition) is 8. The van der Waals surface area contributed by atoms with E-state index in [2.05, 4.69) is 15.9 Å². The van der Waals surface area contributed by atoms with Gasteiger partial charge in [-0.15, -0.1) is 0 Å². The van der Waals surface area contributed by atoms with E-state index in [1.54, 1.807) is 4.57 Å². The molecule has 3 aromatic carbocycles. The molecule has 2 aliphatic rings. The smallest absolute Gasteiger partial charge is 0.266 e. The predicted molar refractivity (Wildman–Crippen MR) is 178 cm³/mol. The van der Waals surface area contributed by atoms with Gasteiger partial charge in [0.2, 0.25) is 0 Å². The molecule has 2 aliphatic heterocycles. The molecule has 0 N–H and O–H groups in total. The van der Waals surface area contributed by atoms with Gasteiger partial charge in [0.15, 0.2) is 6.61 Å². The largest absolute Gasteiger partial charge is 0.489 e. The van der Waals surface area contributed by atoms with E-state index < -0.39 is 0 Å². The summed E-state index contributed by atoms with van der Waals surface area (Å²) in [5.41, 5.74) is 3.44. The number of benzene rings is 3. The third-order valence-electron chi connectivity index (χ3n) is 8.45. The molecule has 46 heavy (non-hydrogen) atoms. The summed E-state index contributed by atoms with van der Waals surface area (Å²) in [6, 6.07) is 21.4. The summed E-state index contributed by atoms with van der Waals surface area (Å²) in [6.45, 7) is 12.9. The minimum absolute atomic E-state index is 0.00892. The van der Waals surface area contributed by atoms with Crippen molar-refractivity contribution in [3.8, 4) is 17.2 Å². The number of fused-ring (bicyclic) bond motifs is 1. The number of piperazine rings is 1. The molecule has 0 aliphatic carbocycles. The van der Waals surface area contributed by atoms with Crippen molar-refractivity contribution in [2.24, 2.45) is 0 Å². The van der Waals surface area contributed by atoms with Crippen molar-refractivity contribution in [3.63, 3.8) is 0 Å². The zero-order valence-electron chi connectivity index (χ0n) is 27.0. The highest BCUT2D eigenvalue weighted by molar-refractivity contribution is 5.79. The first-order valence-electron chi connectivity index (χ1n) is 16.1. The van der Waals surface area contributed by atoms with Crippen LogP contribution in [0.25, 0.3) is 16.6 Å². The maximum absolute atomic E-state index is 14.4. The molecular formula is C36H43N5O5. The Bertz CT molecular complexity index is 1710. The number of amides is 1. The second-order valence-electron chi connectivity index (χ2n) is 12.3. The van der Waals surface area contributed by atoms with E-state index in [1.807, 2.05) is 86.3 Å². The number of ether oxygens (including phenoxy) is 3. The third-order valence-corrected chi connectivity index (χ3v) is 8.45. The van der Waals surface area contributed by atoms with Crippen LogP contribution in [-0.4, -0.2) is 95.4 Å². The fourth-order valence-corrected chi connectivity index (χ4v) is 5.97. The average Bonchev–Trinajstić information content (AvgIpc) is 3.06. The molecule has 0 bridgehead atoms. The van der Waals surface area contributed by atoms with E-state index in [-0.39, 0.29) is 24.2 Å². The molecule has 4 aromatic rings. The lowest BCUT2D eigenvalue weighted by Gasteiger charge is -2.34. The Morgan fingerprint density at radius 3 is 2.35 bits per heavy atom. The molecule has 242 valence electrons. The maximum Gasteiger partial charge on any atom is 0.266 e. The minimum Gasteiger partial charge on any atom is -0.489 e.